The minimum absolute atomic E-state index is 0. The number of nitrogens with one attached hydrogen (secondary N) is 1. The molecule has 1 heterocycles. The molecule has 1 N–H and O–H groups in total. The van der Waals surface area contributed by atoms with E-state index >= 15 is 0 Å². The SMILES string of the molecule is COc1cc(C(F)(F)F)[c-]cc1C1=CCCNC1.[CH3-].[Y]. The zero-order valence-corrected chi connectivity index (χ0v) is 14.3. The van der Waals surface area contributed by atoms with Crippen LogP contribution < -0.4 is 10.1 Å². The van der Waals surface area contributed by atoms with Gasteiger partial charge < -0.3 is 17.5 Å². The quantitative estimate of drug-likeness (QED) is 0.817. The van der Waals surface area contributed by atoms with Gasteiger partial charge in [0.05, 0.1) is 7.11 Å². The van der Waals surface area contributed by atoms with Gasteiger partial charge in [0.1, 0.15) is 0 Å². The fraction of sp³-hybridized carbons (Fsp3) is 0.357. The average Bonchev–Trinajstić information content (AvgIpc) is 2.38. The standard InChI is InChI=1S/C13H13F3NO.CH3.Y/c1-18-12-7-10(13(14,15)16)4-5-11(12)9-3-2-6-17-8-9;;/h3,5,7,17H,2,6,8H2,1H3;1H3;/q2*-1;. The molecule has 1 aliphatic rings. The van der Waals surface area contributed by atoms with Gasteiger partial charge in [0, 0.05) is 45.0 Å². The number of hydrogen-bond donors (Lipinski definition) is 1. The van der Waals surface area contributed by atoms with E-state index in [2.05, 4.69) is 11.4 Å². The van der Waals surface area contributed by atoms with Gasteiger partial charge >= 0.3 is 6.18 Å². The minimum atomic E-state index is -4.40. The second-order valence-corrected chi connectivity index (χ2v) is 4.02. The number of benzene rings is 1. The average molecular weight is 360 g/mol. The van der Waals surface area contributed by atoms with Gasteiger partial charge in [-0.15, -0.1) is 6.07 Å². The van der Waals surface area contributed by atoms with Gasteiger partial charge in [-0.25, -0.2) is 0 Å². The van der Waals surface area contributed by atoms with Crippen LogP contribution in [0.25, 0.3) is 5.57 Å². The van der Waals surface area contributed by atoms with E-state index in [1.807, 2.05) is 6.08 Å². The molecule has 0 spiro atoms. The van der Waals surface area contributed by atoms with E-state index in [9.17, 15) is 13.2 Å². The zero-order chi connectivity index (χ0) is 13.2. The third-order valence-electron chi connectivity index (χ3n) is 2.81. The van der Waals surface area contributed by atoms with Crippen LogP contribution in [0, 0.1) is 13.5 Å². The van der Waals surface area contributed by atoms with Gasteiger partial charge in [0.15, 0.2) is 0 Å². The van der Waals surface area contributed by atoms with E-state index in [1.165, 1.54) is 13.2 Å². The van der Waals surface area contributed by atoms with Crippen LogP contribution in [0.5, 0.6) is 5.75 Å². The third-order valence-corrected chi connectivity index (χ3v) is 2.81. The molecule has 20 heavy (non-hydrogen) atoms. The van der Waals surface area contributed by atoms with E-state index in [0.717, 1.165) is 24.6 Å². The van der Waals surface area contributed by atoms with Crippen LogP contribution in [0.15, 0.2) is 18.2 Å². The molecule has 1 aromatic rings. The molecule has 1 aromatic carbocycles. The van der Waals surface area contributed by atoms with E-state index in [1.54, 1.807) is 0 Å². The topological polar surface area (TPSA) is 21.3 Å². The molecule has 1 aliphatic heterocycles. The van der Waals surface area contributed by atoms with Crippen LogP contribution in [-0.2, 0) is 38.9 Å². The van der Waals surface area contributed by atoms with Crippen LogP contribution in [-0.4, -0.2) is 20.2 Å². The fourth-order valence-electron chi connectivity index (χ4n) is 1.90. The Bertz CT molecular complexity index is 472. The van der Waals surface area contributed by atoms with Gasteiger partial charge in [-0.3, -0.25) is 0 Å². The molecular formula is C14H16F3NOY-2. The predicted octanol–water partition coefficient (Wildman–Crippen LogP) is 3.34. The number of halogens is 3. The van der Waals surface area contributed by atoms with Crippen molar-refractivity contribution in [3.63, 3.8) is 0 Å². The summed E-state index contributed by atoms with van der Waals surface area (Å²) in [6.07, 6.45) is -1.53. The molecule has 0 amide bonds. The Morgan fingerprint density at radius 3 is 2.55 bits per heavy atom. The van der Waals surface area contributed by atoms with E-state index in [4.69, 9.17) is 4.74 Å². The summed E-state index contributed by atoms with van der Waals surface area (Å²) >= 11 is 0. The van der Waals surface area contributed by atoms with Gasteiger partial charge in [-0.2, -0.15) is 25.3 Å². The summed E-state index contributed by atoms with van der Waals surface area (Å²) in [5.41, 5.74) is 0.799. The molecule has 2 rings (SSSR count). The van der Waals surface area contributed by atoms with Crippen LogP contribution in [0.1, 0.15) is 17.5 Å². The molecular weight excluding hydrogens is 344 g/mol. The summed E-state index contributed by atoms with van der Waals surface area (Å²) in [7, 11) is 1.37. The Hall–Kier alpha value is -0.386. The largest absolute Gasteiger partial charge is 0.522 e. The molecule has 1 radical (unpaired) electrons. The molecule has 0 bridgehead atoms. The van der Waals surface area contributed by atoms with Crippen LogP contribution >= 0.6 is 0 Å². The van der Waals surface area contributed by atoms with Crippen molar-refractivity contribution in [3.05, 3.63) is 42.8 Å². The maximum atomic E-state index is 12.6. The van der Waals surface area contributed by atoms with E-state index in [0.29, 0.717) is 12.1 Å². The van der Waals surface area contributed by atoms with Crippen molar-refractivity contribution in [2.24, 2.45) is 0 Å². The summed E-state index contributed by atoms with van der Waals surface area (Å²) in [6.45, 7) is 1.52. The van der Waals surface area contributed by atoms with E-state index < -0.39 is 11.7 Å². The summed E-state index contributed by atoms with van der Waals surface area (Å²) in [5.74, 6) is 0.232. The molecule has 0 fully saturated rings. The van der Waals surface area contributed by atoms with Crippen molar-refractivity contribution in [3.8, 4) is 5.75 Å². The second kappa shape index (κ2) is 8.15. The van der Waals surface area contributed by atoms with Crippen molar-refractivity contribution in [1.82, 2.24) is 5.32 Å². The molecule has 109 valence electrons. The fourth-order valence-corrected chi connectivity index (χ4v) is 1.90. The van der Waals surface area contributed by atoms with Crippen molar-refractivity contribution < 1.29 is 50.6 Å². The van der Waals surface area contributed by atoms with Gasteiger partial charge in [-0.1, -0.05) is 22.8 Å². The summed E-state index contributed by atoms with van der Waals surface area (Å²) < 4.78 is 42.7. The summed E-state index contributed by atoms with van der Waals surface area (Å²) in [5, 5.41) is 3.17. The number of rotatable bonds is 2. The van der Waals surface area contributed by atoms with E-state index in [-0.39, 0.29) is 45.9 Å². The molecule has 0 saturated heterocycles. The molecule has 2 nitrogen and oxygen atoms in total. The van der Waals surface area contributed by atoms with Gasteiger partial charge in [-0.05, 0) is 13.0 Å². The van der Waals surface area contributed by atoms with Crippen LogP contribution in [0.3, 0.4) is 0 Å². The van der Waals surface area contributed by atoms with Crippen LogP contribution in [0.2, 0.25) is 0 Å². The first-order valence-corrected chi connectivity index (χ1v) is 5.59. The first-order valence-electron chi connectivity index (χ1n) is 5.59. The summed E-state index contributed by atoms with van der Waals surface area (Å²) in [4.78, 5) is 0. The second-order valence-electron chi connectivity index (χ2n) is 4.02. The van der Waals surface area contributed by atoms with Crippen LogP contribution in [0.4, 0.5) is 13.2 Å². The number of methoxy groups -OCH3 is 1. The van der Waals surface area contributed by atoms with Gasteiger partial charge in [0.2, 0.25) is 0 Å². The Labute approximate surface area is 142 Å². The molecule has 0 atom stereocenters. The molecule has 0 aromatic heterocycles. The van der Waals surface area contributed by atoms with Crippen molar-refractivity contribution in [1.29, 1.82) is 0 Å². The number of ether oxygens (including phenoxy) is 1. The summed E-state index contributed by atoms with van der Waals surface area (Å²) in [6, 6.07) is 4.61. The molecule has 0 unspecified atom stereocenters. The van der Waals surface area contributed by atoms with Crippen molar-refractivity contribution >= 4 is 5.57 Å². The van der Waals surface area contributed by atoms with Crippen molar-refractivity contribution in [2.45, 2.75) is 12.6 Å². The van der Waals surface area contributed by atoms with Gasteiger partial charge in [0.25, 0.3) is 0 Å². The zero-order valence-electron chi connectivity index (χ0n) is 11.5. The predicted molar refractivity (Wildman–Crippen MR) is 68.7 cm³/mol. The number of alkyl halides is 3. The monoisotopic (exact) mass is 360 g/mol. The first-order chi connectivity index (χ1) is 8.52. The maximum absolute atomic E-state index is 12.6. The minimum Gasteiger partial charge on any atom is -0.522 e. The Morgan fingerprint density at radius 2 is 2.05 bits per heavy atom. The maximum Gasteiger partial charge on any atom is 0.394 e. The Morgan fingerprint density at radius 1 is 1.35 bits per heavy atom. The molecule has 6 heteroatoms. The molecule has 0 aliphatic carbocycles. The smallest absolute Gasteiger partial charge is 0.394 e. The molecule has 0 saturated carbocycles. The third kappa shape index (κ3) is 4.57. The Kier molecular flexibility index (Phi) is 8.00. The Balaban J connectivity index is 0.00000180. The number of hydrogen-bond acceptors (Lipinski definition) is 2. The van der Waals surface area contributed by atoms with Crippen molar-refractivity contribution in [2.75, 3.05) is 20.2 Å². The first kappa shape index (κ1) is 19.6. The normalized spacial score (nSPS) is 14.7.